The van der Waals surface area contributed by atoms with E-state index in [0.717, 1.165) is 0 Å². The zero-order valence-electron chi connectivity index (χ0n) is 11.7. The summed E-state index contributed by atoms with van der Waals surface area (Å²) in [5.74, 6) is -1.37. The smallest absolute Gasteiger partial charge is 0.311 e. The molecule has 0 heterocycles. The number of ketones is 1. The van der Waals surface area contributed by atoms with Crippen LogP contribution in [0.2, 0.25) is 0 Å². The van der Waals surface area contributed by atoms with E-state index in [-0.39, 0.29) is 12.2 Å². The summed E-state index contributed by atoms with van der Waals surface area (Å²) in [6.07, 6.45) is -0.0638. The van der Waals surface area contributed by atoms with Gasteiger partial charge < -0.3 is 9.84 Å². The number of methoxy groups -OCH3 is 1. The average molecular weight is 284 g/mol. The lowest BCUT2D eigenvalue weighted by Gasteiger charge is -2.12. The van der Waals surface area contributed by atoms with E-state index in [2.05, 4.69) is 0 Å². The maximum Gasteiger partial charge on any atom is 0.311 e. The van der Waals surface area contributed by atoms with Crippen molar-refractivity contribution in [2.75, 3.05) is 7.11 Å². The molecule has 0 aliphatic carbocycles. The lowest BCUT2D eigenvalue weighted by atomic mass is 9.92. The molecule has 0 aliphatic heterocycles. The Hall–Kier alpha value is -2.62. The molecule has 0 aromatic heterocycles. The van der Waals surface area contributed by atoms with Crippen molar-refractivity contribution in [3.8, 4) is 5.75 Å². The van der Waals surface area contributed by atoms with Crippen molar-refractivity contribution in [1.82, 2.24) is 0 Å². The van der Waals surface area contributed by atoms with E-state index in [0.29, 0.717) is 16.9 Å². The highest BCUT2D eigenvalue weighted by atomic mass is 16.5. The van der Waals surface area contributed by atoms with Gasteiger partial charge in [0.05, 0.1) is 13.0 Å². The van der Waals surface area contributed by atoms with Gasteiger partial charge in [0.25, 0.3) is 0 Å². The molecule has 4 nitrogen and oxygen atoms in total. The van der Waals surface area contributed by atoms with Crippen LogP contribution in [-0.2, 0) is 4.79 Å². The molecule has 0 bridgehead atoms. The lowest BCUT2D eigenvalue weighted by Crippen LogP contribution is -2.16. The largest absolute Gasteiger partial charge is 0.497 e. The van der Waals surface area contributed by atoms with Crippen LogP contribution >= 0.6 is 0 Å². The molecule has 1 atom stereocenters. The number of benzene rings is 2. The Balaban J connectivity index is 2.16. The van der Waals surface area contributed by atoms with Crippen molar-refractivity contribution < 1.29 is 19.4 Å². The zero-order chi connectivity index (χ0) is 15.2. The normalized spacial score (nSPS) is 11.7. The Morgan fingerprint density at radius 2 is 1.67 bits per heavy atom. The van der Waals surface area contributed by atoms with Crippen LogP contribution in [-0.4, -0.2) is 24.0 Å². The molecular formula is C17H16O4. The second-order valence-corrected chi connectivity index (χ2v) is 4.66. The third kappa shape index (κ3) is 3.69. The van der Waals surface area contributed by atoms with E-state index in [1.165, 1.54) is 0 Å². The Kier molecular flexibility index (Phi) is 4.72. The van der Waals surface area contributed by atoms with Crippen molar-refractivity contribution in [2.45, 2.75) is 12.3 Å². The summed E-state index contributed by atoms with van der Waals surface area (Å²) >= 11 is 0. The number of hydrogen-bond acceptors (Lipinski definition) is 3. The fraction of sp³-hybridized carbons (Fsp3) is 0.176. The summed E-state index contributed by atoms with van der Waals surface area (Å²) in [5, 5.41) is 9.33. The molecule has 1 N–H and O–H groups in total. The molecule has 0 radical (unpaired) electrons. The van der Waals surface area contributed by atoms with Crippen molar-refractivity contribution in [1.29, 1.82) is 0 Å². The molecule has 0 unspecified atom stereocenters. The molecule has 2 aromatic carbocycles. The molecule has 0 amide bonds. The van der Waals surface area contributed by atoms with Crippen LogP contribution in [0, 0.1) is 0 Å². The van der Waals surface area contributed by atoms with E-state index >= 15 is 0 Å². The minimum absolute atomic E-state index is 0.0638. The molecule has 0 saturated carbocycles. The van der Waals surface area contributed by atoms with Crippen molar-refractivity contribution in [2.24, 2.45) is 0 Å². The van der Waals surface area contributed by atoms with Gasteiger partial charge in [-0.15, -0.1) is 0 Å². The molecule has 4 heteroatoms. The summed E-state index contributed by atoms with van der Waals surface area (Å²) in [4.78, 5) is 23.6. The number of rotatable bonds is 6. The van der Waals surface area contributed by atoms with Crippen molar-refractivity contribution in [3.05, 3.63) is 65.7 Å². The second-order valence-electron chi connectivity index (χ2n) is 4.66. The topological polar surface area (TPSA) is 63.6 Å². The van der Waals surface area contributed by atoms with Crippen LogP contribution in [0.1, 0.15) is 28.3 Å². The van der Waals surface area contributed by atoms with Gasteiger partial charge in [0.1, 0.15) is 5.75 Å². The fourth-order valence-corrected chi connectivity index (χ4v) is 2.11. The first-order valence-corrected chi connectivity index (χ1v) is 6.57. The molecule has 2 aromatic rings. The molecule has 0 aliphatic rings. The van der Waals surface area contributed by atoms with Crippen LogP contribution < -0.4 is 4.74 Å². The molecular weight excluding hydrogens is 268 g/mol. The van der Waals surface area contributed by atoms with Gasteiger partial charge in [-0.25, -0.2) is 0 Å². The quantitative estimate of drug-likeness (QED) is 0.828. The minimum atomic E-state index is -0.997. The van der Waals surface area contributed by atoms with E-state index in [1.807, 2.05) is 6.07 Å². The van der Waals surface area contributed by atoms with Crippen LogP contribution in [0.4, 0.5) is 0 Å². The van der Waals surface area contributed by atoms with Gasteiger partial charge in [-0.1, -0.05) is 30.3 Å². The van der Waals surface area contributed by atoms with Gasteiger partial charge in [-0.3, -0.25) is 9.59 Å². The number of carbonyl (C=O) groups excluding carboxylic acids is 1. The number of hydrogen-bond donors (Lipinski definition) is 1. The van der Waals surface area contributed by atoms with Crippen LogP contribution in [0.3, 0.4) is 0 Å². The monoisotopic (exact) mass is 284 g/mol. The van der Waals surface area contributed by atoms with E-state index in [4.69, 9.17) is 4.74 Å². The number of Topliss-reactive ketones (excluding diaryl/α,β-unsaturated/α-hetero) is 1. The molecule has 2 rings (SSSR count). The number of carbonyl (C=O) groups is 2. The standard InChI is InChI=1S/C17H16O4/c1-21-14-9-7-13(8-10-14)16(18)11-15(17(19)20)12-5-3-2-4-6-12/h2-10,15H,11H2,1H3,(H,19,20)/t15-/m0/s1. The summed E-state index contributed by atoms with van der Waals surface area (Å²) in [6, 6.07) is 15.5. The minimum Gasteiger partial charge on any atom is -0.497 e. The zero-order valence-corrected chi connectivity index (χ0v) is 11.7. The Labute approximate surface area is 123 Å². The predicted molar refractivity (Wildman–Crippen MR) is 78.8 cm³/mol. The summed E-state index contributed by atoms with van der Waals surface area (Å²) in [6.45, 7) is 0. The number of ether oxygens (including phenoxy) is 1. The molecule has 108 valence electrons. The third-order valence-electron chi connectivity index (χ3n) is 3.30. The first-order chi connectivity index (χ1) is 10.1. The van der Waals surface area contributed by atoms with Crippen LogP contribution in [0.5, 0.6) is 5.75 Å². The van der Waals surface area contributed by atoms with Gasteiger partial charge in [0, 0.05) is 12.0 Å². The SMILES string of the molecule is COc1ccc(C(=O)C[C@H](C(=O)O)c2ccccc2)cc1. The fourth-order valence-electron chi connectivity index (χ4n) is 2.11. The number of carboxylic acid groups (broad SMARTS) is 1. The summed E-state index contributed by atoms with van der Waals surface area (Å²) in [7, 11) is 1.55. The van der Waals surface area contributed by atoms with Crippen molar-refractivity contribution >= 4 is 11.8 Å². The predicted octanol–water partition coefficient (Wildman–Crippen LogP) is 3.14. The Bertz CT molecular complexity index is 617. The van der Waals surface area contributed by atoms with Gasteiger partial charge in [-0.2, -0.15) is 0 Å². The van der Waals surface area contributed by atoms with Crippen LogP contribution in [0.25, 0.3) is 0 Å². The highest BCUT2D eigenvalue weighted by Gasteiger charge is 2.23. The lowest BCUT2D eigenvalue weighted by molar-refractivity contribution is -0.138. The molecule has 0 spiro atoms. The van der Waals surface area contributed by atoms with Crippen molar-refractivity contribution in [3.63, 3.8) is 0 Å². The number of aliphatic carboxylic acids is 1. The molecule has 0 saturated heterocycles. The maximum atomic E-state index is 12.2. The first-order valence-electron chi connectivity index (χ1n) is 6.57. The van der Waals surface area contributed by atoms with E-state index < -0.39 is 11.9 Å². The van der Waals surface area contributed by atoms with Crippen LogP contribution in [0.15, 0.2) is 54.6 Å². The molecule has 21 heavy (non-hydrogen) atoms. The summed E-state index contributed by atoms with van der Waals surface area (Å²) < 4.78 is 5.03. The van der Waals surface area contributed by atoms with Gasteiger partial charge >= 0.3 is 5.97 Å². The maximum absolute atomic E-state index is 12.2. The van der Waals surface area contributed by atoms with E-state index in [9.17, 15) is 14.7 Å². The average Bonchev–Trinajstić information content (AvgIpc) is 2.53. The first kappa shape index (κ1) is 14.8. The third-order valence-corrected chi connectivity index (χ3v) is 3.30. The number of carboxylic acids is 1. The van der Waals surface area contributed by atoms with Gasteiger partial charge in [-0.05, 0) is 29.8 Å². The molecule has 0 fully saturated rings. The second kappa shape index (κ2) is 6.70. The summed E-state index contributed by atoms with van der Waals surface area (Å²) in [5.41, 5.74) is 1.12. The van der Waals surface area contributed by atoms with E-state index in [1.54, 1.807) is 55.6 Å². The van der Waals surface area contributed by atoms with Gasteiger partial charge in [0.15, 0.2) is 5.78 Å². The Morgan fingerprint density at radius 1 is 1.05 bits per heavy atom. The highest BCUT2D eigenvalue weighted by molar-refractivity contribution is 5.99. The highest BCUT2D eigenvalue weighted by Crippen LogP contribution is 2.23. The Morgan fingerprint density at radius 3 is 2.19 bits per heavy atom. The van der Waals surface area contributed by atoms with Gasteiger partial charge in [0.2, 0.25) is 0 Å².